The van der Waals surface area contributed by atoms with Crippen LogP contribution in [0.1, 0.15) is 80.1 Å². The Morgan fingerprint density at radius 3 is 2.30 bits per heavy atom. The molecule has 0 aliphatic heterocycles. The average molecular weight is 712 g/mol. The van der Waals surface area contributed by atoms with E-state index < -0.39 is 67.0 Å². The van der Waals surface area contributed by atoms with Gasteiger partial charge in [-0.3, -0.25) is 19.7 Å². The molecule has 0 radical (unpaired) electrons. The number of nitro benzene ring substituents is 1. The number of ketones is 1. The highest BCUT2D eigenvalue weighted by Crippen LogP contribution is 2.31. The van der Waals surface area contributed by atoms with E-state index in [1.807, 2.05) is 0 Å². The molecule has 2 aromatic heterocycles. The molecular weight excluding hydrogens is 674 g/mol. The number of carbonyl (C=O) groups is 4. The maximum absolute atomic E-state index is 14.1. The molecule has 1 unspecified atom stereocenters. The van der Waals surface area contributed by atoms with Crippen molar-refractivity contribution in [3.8, 4) is 0 Å². The minimum absolute atomic E-state index is 0.0105. The molecule has 0 aliphatic rings. The molecule has 0 fully saturated rings. The van der Waals surface area contributed by atoms with Crippen LogP contribution in [0.5, 0.6) is 0 Å². The van der Waals surface area contributed by atoms with Gasteiger partial charge in [0.25, 0.3) is 21.6 Å². The first-order chi connectivity index (χ1) is 23.4. The monoisotopic (exact) mass is 711 g/mol. The van der Waals surface area contributed by atoms with Gasteiger partial charge in [0.05, 0.1) is 17.0 Å². The number of nitro groups is 1. The van der Waals surface area contributed by atoms with Crippen LogP contribution in [0.4, 0.5) is 10.5 Å². The van der Waals surface area contributed by atoms with Gasteiger partial charge in [-0.25, -0.2) is 27.0 Å². The molecule has 4 aromatic rings. The fraction of sp³-hybridized carbons (Fsp3) is 0.364. The summed E-state index contributed by atoms with van der Waals surface area (Å²) in [5, 5.41) is 16.7. The van der Waals surface area contributed by atoms with Crippen molar-refractivity contribution in [3.05, 3.63) is 87.8 Å². The fourth-order valence-corrected chi connectivity index (χ4v) is 6.53. The standard InChI is InChI=1S/C33H37N5O11S/c1-8-47-31(41)27(34-29(40)26-19(4)48-30(35-26)25(18(2)3)36-32(42)49-33(5,6)7)28(39)21-17-37(22-14-10-9-13-20(21)22)50(45,46)24-16-12-11-15-23(24)38(43)44/h9-18,25,27H,8H2,1-7H3,(H,34,40)(H,36,42)/t25-,27?/m0/s1. The maximum atomic E-state index is 14.1. The van der Waals surface area contributed by atoms with E-state index in [-0.39, 0.29) is 46.3 Å². The molecule has 2 atom stereocenters. The van der Waals surface area contributed by atoms with Crippen LogP contribution in [0.15, 0.2) is 64.0 Å². The van der Waals surface area contributed by atoms with E-state index in [4.69, 9.17) is 13.9 Å². The van der Waals surface area contributed by atoms with Gasteiger partial charge in [0.1, 0.15) is 17.4 Å². The van der Waals surface area contributed by atoms with Crippen LogP contribution in [0.25, 0.3) is 10.9 Å². The number of carbonyl (C=O) groups excluding carboxylic acids is 4. The van der Waals surface area contributed by atoms with E-state index in [0.29, 0.717) is 3.97 Å². The van der Waals surface area contributed by atoms with Crippen LogP contribution in [0, 0.1) is 23.0 Å². The van der Waals surface area contributed by atoms with Crippen LogP contribution in [-0.2, 0) is 24.3 Å². The Morgan fingerprint density at radius 1 is 1.04 bits per heavy atom. The minimum Gasteiger partial charge on any atom is -0.464 e. The van der Waals surface area contributed by atoms with Crippen molar-refractivity contribution < 1.29 is 46.4 Å². The average Bonchev–Trinajstić information content (AvgIpc) is 3.62. The summed E-state index contributed by atoms with van der Waals surface area (Å²) in [6.07, 6.45) is 0.195. The molecule has 2 amide bonds. The number of alkyl carbamates (subject to hydrolysis) is 1. The zero-order chi connectivity index (χ0) is 37.1. The summed E-state index contributed by atoms with van der Waals surface area (Å²) < 4.78 is 44.4. The van der Waals surface area contributed by atoms with Crippen molar-refractivity contribution in [1.82, 2.24) is 19.6 Å². The number of rotatable bonds is 12. The van der Waals surface area contributed by atoms with Crippen LogP contribution >= 0.6 is 0 Å². The Labute approximate surface area is 287 Å². The molecule has 50 heavy (non-hydrogen) atoms. The molecule has 0 aliphatic carbocycles. The second-order valence-corrected chi connectivity index (χ2v) is 14.2. The van der Waals surface area contributed by atoms with Crippen molar-refractivity contribution in [2.24, 2.45) is 5.92 Å². The molecule has 4 rings (SSSR count). The SMILES string of the molecule is CCOC(=O)C(NC(=O)c1nc([C@@H](NC(=O)OC(C)(C)C)C(C)C)oc1C)C(=O)c1cn(S(=O)(=O)c2ccccc2[N+](=O)[O-])c2ccccc12. The van der Waals surface area contributed by atoms with Crippen molar-refractivity contribution in [3.63, 3.8) is 0 Å². The first kappa shape index (κ1) is 37.2. The lowest BCUT2D eigenvalue weighted by Crippen LogP contribution is -2.47. The summed E-state index contributed by atoms with van der Waals surface area (Å²) in [7, 11) is -4.66. The number of esters is 1. The number of oxazole rings is 1. The van der Waals surface area contributed by atoms with E-state index in [0.717, 1.165) is 18.3 Å². The number of aromatic nitrogens is 2. The molecule has 17 heteroatoms. The van der Waals surface area contributed by atoms with Crippen LogP contribution in [-0.4, -0.2) is 64.3 Å². The molecule has 0 saturated heterocycles. The summed E-state index contributed by atoms with van der Waals surface area (Å²) in [6, 6.07) is 7.76. The Bertz CT molecular complexity index is 2080. The first-order valence-electron chi connectivity index (χ1n) is 15.4. The van der Waals surface area contributed by atoms with E-state index in [1.165, 1.54) is 50.2 Å². The Hall–Kier alpha value is -5.58. The molecule has 0 saturated carbocycles. The van der Waals surface area contributed by atoms with Gasteiger partial charge in [-0.2, -0.15) is 0 Å². The van der Waals surface area contributed by atoms with Gasteiger partial charge in [0.15, 0.2) is 22.4 Å². The molecule has 2 aromatic carbocycles. The topological polar surface area (TPSA) is 219 Å². The molecular formula is C33H37N5O11S. The van der Waals surface area contributed by atoms with Crippen molar-refractivity contribution in [1.29, 1.82) is 0 Å². The lowest BCUT2D eigenvalue weighted by molar-refractivity contribution is -0.387. The number of Topliss-reactive ketones (excluding diaryl/α,β-unsaturated/α-hetero) is 1. The molecule has 2 N–H and O–H groups in total. The summed E-state index contributed by atoms with van der Waals surface area (Å²) in [6.45, 7) is 11.4. The predicted molar refractivity (Wildman–Crippen MR) is 178 cm³/mol. The third-order valence-corrected chi connectivity index (χ3v) is 8.96. The number of fused-ring (bicyclic) bond motifs is 1. The zero-order valence-electron chi connectivity index (χ0n) is 28.4. The number of aryl methyl sites for hydroxylation is 1. The second kappa shape index (κ2) is 14.5. The number of benzene rings is 2. The fourth-order valence-electron chi connectivity index (χ4n) is 5.00. The lowest BCUT2D eigenvalue weighted by atomic mass is 10.0. The number of hydrogen-bond donors (Lipinski definition) is 2. The second-order valence-electron chi connectivity index (χ2n) is 12.4. The van der Waals surface area contributed by atoms with E-state index in [1.54, 1.807) is 34.6 Å². The summed E-state index contributed by atoms with van der Waals surface area (Å²) in [5.41, 5.74) is -2.07. The summed E-state index contributed by atoms with van der Waals surface area (Å²) in [5.74, 6) is -3.46. The molecule has 266 valence electrons. The smallest absolute Gasteiger partial charge is 0.408 e. The highest BCUT2D eigenvalue weighted by molar-refractivity contribution is 7.90. The van der Waals surface area contributed by atoms with Gasteiger partial charge in [0.2, 0.25) is 5.89 Å². The predicted octanol–water partition coefficient (Wildman–Crippen LogP) is 4.85. The van der Waals surface area contributed by atoms with Gasteiger partial charge in [-0.1, -0.05) is 44.2 Å². The highest BCUT2D eigenvalue weighted by Gasteiger charge is 2.37. The maximum Gasteiger partial charge on any atom is 0.408 e. The Kier molecular flexibility index (Phi) is 10.8. The van der Waals surface area contributed by atoms with Gasteiger partial charge in [-0.05, 0) is 52.7 Å². The highest BCUT2D eigenvalue weighted by atomic mass is 32.2. The molecule has 2 heterocycles. The third kappa shape index (κ3) is 7.83. The number of ether oxygens (including phenoxy) is 2. The van der Waals surface area contributed by atoms with Gasteiger partial charge in [0, 0.05) is 23.2 Å². The normalized spacial score (nSPS) is 13.0. The molecule has 16 nitrogen and oxygen atoms in total. The largest absolute Gasteiger partial charge is 0.464 e. The first-order valence-corrected chi connectivity index (χ1v) is 16.9. The van der Waals surface area contributed by atoms with E-state index >= 15 is 0 Å². The lowest BCUT2D eigenvalue weighted by Gasteiger charge is -2.24. The molecule has 0 bridgehead atoms. The Balaban J connectivity index is 1.73. The number of hydrogen-bond acceptors (Lipinski definition) is 12. The van der Waals surface area contributed by atoms with Gasteiger partial charge >= 0.3 is 12.1 Å². The molecule has 0 spiro atoms. The third-order valence-electron chi connectivity index (χ3n) is 7.24. The summed E-state index contributed by atoms with van der Waals surface area (Å²) in [4.78, 5) is 67.8. The van der Waals surface area contributed by atoms with Crippen molar-refractivity contribution in [2.75, 3.05) is 6.61 Å². The number of nitrogens with zero attached hydrogens (tertiary/aromatic N) is 3. The zero-order valence-corrected chi connectivity index (χ0v) is 29.2. The summed E-state index contributed by atoms with van der Waals surface area (Å²) >= 11 is 0. The van der Waals surface area contributed by atoms with E-state index in [9.17, 15) is 37.7 Å². The quantitative estimate of drug-likeness (QED) is 0.0662. The Morgan fingerprint density at radius 2 is 1.68 bits per heavy atom. The van der Waals surface area contributed by atoms with Gasteiger partial charge < -0.3 is 24.5 Å². The van der Waals surface area contributed by atoms with Crippen LogP contribution < -0.4 is 10.6 Å². The van der Waals surface area contributed by atoms with Crippen molar-refractivity contribution in [2.45, 2.75) is 71.0 Å². The number of nitrogens with one attached hydrogen (secondary N) is 2. The van der Waals surface area contributed by atoms with Gasteiger partial charge in [-0.15, -0.1) is 0 Å². The van der Waals surface area contributed by atoms with Crippen molar-refractivity contribution >= 4 is 50.4 Å². The van der Waals surface area contributed by atoms with E-state index in [2.05, 4.69) is 15.6 Å². The van der Waals surface area contributed by atoms with Crippen LogP contribution in [0.3, 0.4) is 0 Å². The minimum atomic E-state index is -4.66. The van der Waals surface area contributed by atoms with Crippen LogP contribution in [0.2, 0.25) is 0 Å². The number of para-hydroxylation sites is 2. The number of amides is 2.